The molecule has 0 aromatic rings. The topological polar surface area (TPSA) is 0 Å². The van der Waals surface area contributed by atoms with Crippen molar-refractivity contribution in [1.29, 1.82) is 0 Å². The Bertz CT molecular complexity index is 108. The van der Waals surface area contributed by atoms with E-state index in [0.717, 1.165) is 19.3 Å². The van der Waals surface area contributed by atoms with Gasteiger partial charge in [0.05, 0.1) is 0 Å². The van der Waals surface area contributed by atoms with Crippen LogP contribution in [-0.4, -0.2) is 4.87 Å². The molecule has 0 atom stereocenters. The van der Waals surface area contributed by atoms with Crippen molar-refractivity contribution in [3.63, 3.8) is 0 Å². The maximum atomic E-state index is 5.99. The Balaban J connectivity index is 3.29. The molecule has 60 valence electrons. The van der Waals surface area contributed by atoms with E-state index < -0.39 is 0 Å². The van der Waals surface area contributed by atoms with Crippen LogP contribution in [0.25, 0.3) is 0 Å². The summed E-state index contributed by atoms with van der Waals surface area (Å²) in [5.74, 6) is 0. The number of rotatable bonds is 4. The van der Waals surface area contributed by atoms with E-state index in [1.807, 2.05) is 13.8 Å². The predicted octanol–water partition coefficient (Wildman–Crippen LogP) is 3.75. The first kappa shape index (κ1) is 10.0. The van der Waals surface area contributed by atoms with Gasteiger partial charge in [-0.1, -0.05) is 5.57 Å². The standard InChI is InChI=1S/C9H17Cl/c1-8(2)6-5-7-9(3,4)10/h1,5-7H2,2-4H3. The van der Waals surface area contributed by atoms with Crippen LogP contribution in [0.1, 0.15) is 40.0 Å². The maximum Gasteiger partial charge on any atom is 0.0390 e. The molecule has 0 fully saturated rings. The second-order valence-corrected chi connectivity index (χ2v) is 4.55. The van der Waals surface area contributed by atoms with Crippen LogP contribution in [0, 0.1) is 0 Å². The van der Waals surface area contributed by atoms with Crippen molar-refractivity contribution in [2.24, 2.45) is 0 Å². The van der Waals surface area contributed by atoms with E-state index in [1.54, 1.807) is 0 Å². The molecular weight excluding hydrogens is 144 g/mol. The molecule has 0 amide bonds. The summed E-state index contributed by atoms with van der Waals surface area (Å²) in [4.78, 5) is -0.0323. The first-order valence-corrected chi connectivity index (χ1v) is 4.13. The zero-order chi connectivity index (χ0) is 8.20. The lowest BCUT2D eigenvalue weighted by atomic mass is 10.0. The van der Waals surface area contributed by atoms with Crippen molar-refractivity contribution in [2.45, 2.75) is 44.9 Å². The second-order valence-electron chi connectivity index (χ2n) is 3.53. The Hall–Kier alpha value is 0.0300. The van der Waals surface area contributed by atoms with Crippen molar-refractivity contribution < 1.29 is 0 Å². The maximum absolute atomic E-state index is 5.99. The fourth-order valence-corrected chi connectivity index (χ4v) is 0.944. The van der Waals surface area contributed by atoms with Gasteiger partial charge in [-0.25, -0.2) is 0 Å². The number of halogens is 1. The minimum atomic E-state index is -0.0323. The van der Waals surface area contributed by atoms with E-state index in [2.05, 4.69) is 13.5 Å². The third kappa shape index (κ3) is 8.03. The van der Waals surface area contributed by atoms with Crippen molar-refractivity contribution in [1.82, 2.24) is 0 Å². The lowest BCUT2D eigenvalue weighted by molar-refractivity contribution is 0.590. The molecule has 0 aliphatic heterocycles. The number of alkyl halides is 1. The minimum Gasteiger partial charge on any atom is -0.120 e. The fourth-order valence-electron chi connectivity index (χ4n) is 0.811. The van der Waals surface area contributed by atoms with E-state index in [1.165, 1.54) is 5.57 Å². The van der Waals surface area contributed by atoms with Gasteiger partial charge in [0, 0.05) is 4.87 Å². The largest absolute Gasteiger partial charge is 0.120 e. The average Bonchev–Trinajstić information content (AvgIpc) is 1.59. The fraction of sp³-hybridized carbons (Fsp3) is 0.778. The van der Waals surface area contributed by atoms with Gasteiger partial charge >= 0.3 is 0 Å². The quantitative estimate of drug-likeness (QED) is 0.434. The summed E-state index contributed by atoms with van der Waals surface area (Å²) in [5, 5.41) is 0. The van der Waals surface area contributed by atoms with Gasteiger partial charge in [0.1, 0.15) is 0 Å². The number of hydrogen-bond acceptors (Lipinski definition) is 0. The number of hydrogen-bond donors (Lipinski definition) is 0. The zero-order valence-electron chi connectivity index (χ0n) is 7.21. The lowest BCUT2D eigenvalue weighted by Gasteiger charge is -2.14. The lowest BCUT2D eigenvalue weighted by Crippen LogP contribution is -2.08. The van der Waals surface area contributed by atoms with E-state index in [9.17, 15) is 0 Å². The third-order valence-corrected chi connectivity index (χ3v) is 1.56. The van der Waals surface area contributed by atoms with E-state index in [4.69, 9.17) is 11.6 Å². The van der Waals surface area contributed by atoms with Gasteiger partial charge in [-0.15, -0.1) is 18.2 Å². The van der Waals surface area contributed by atoms with Crippen molar-refractivity contribution in [2.75, 3.05) is 0 Å². The van der Waals surface area contributed by atoms with Gasteiger partial charge in [-0.3, -0.25) is 0 Å². The molecule has 0 radical (unpaired) electrons. The predicted molar refractivity (Wildman–Crippen MR) is 48.6 cm³/mol. The molecule has 0 N–H and O–H groups in total. The Kier molecular flexibility index (Phi) is 4.04. The van der Waals surface area contributed by atoms with Gasteiger partial charge < -0.3 is 0 Å². The molecule has 0 spiro atoms. The first-order chi connectivity index (χ1) is 4.42. The molecule has 0 aromatic carbocycles. The molecule has 0 bridgehead atoms. The molecule has 0 saturated carbocycles. The molecule has 0 rings (SSSR count). The van der Waals surface area contributed by atoms with Gasteiger partial charge in [-0.2, -0.15) is 0 Å². The summed E-state index contributed by atoms with van der Waals surface area (Å²) < 4.78 is 0. The van der Waals surface area contributed by atoms with Gasteiger partial charge in [0.25, 0.3) is 0 Å². The zero-order valence-corrected chi connectivity index (χ0v) is 7.96. The van der Waals surface area contributed by atoms with Crippen LogP contribution < -0.4 is 0 Å². The summed E-state index contributed by atoms with van der Waals surface area (Å²) in [5.41, 5.74) is 1.25. The summed E-state index contributed by atoms with van der Waals surface area (Å²) in [7, 11) is 0. The summed E-state index contributed by atoms with van der Waals surface area (Å²) in [6, 6.07) is 0. The Labute approximate surface area is 69.3 Å². The van der Waals surface area contributed by atoms with Crippen LogP contribution in [0.5, 0.6) is 0 Å². The summed E-state index contributed by atoms with van der Waals surface area (Å²) >= 11 is 5.99. The molecular formula is C9H17Cl. The Morgan fingerprint density at radius 3 is 2.30 bits per heavy atom. The highest BCUT2D eigenvalue weighted by molar-refractivity contribution is 6.23. The Morgan fingerprint density at radius 1 is 1.50 bits per heavy atom. The first-order valence-electron chi connectivity index (χ1n) is 3.75. The third-order valence-electron chi connectivity index (χ3n) is 1.37. The molecule has 0 saturated heterocycles. The highest BCUT2D eigenvalue weighted by atomic mass is 35.5. The van der Waals surface area contributed by atoms with Crippen LogP contribution in [0.15, 0.2) is 12.2 Å². The normalized spacial score (nSPS) is 11.6. The van der Waals surface area contributed by atoms with E-state index in [0.29, 0.717) is 0 Å². The molecule has 1 heteroatoms. The van der Waals surface area contributed by atoms with E-state index >= 15 is 0 Å². The van der Waals surface area contributed by atoms with Crippen LogP contribution in [0.4, 0.5) is 0 Å². The highest BCUT2D eigenvalue weighted by Crippen LogP contribution is 2.21. The SMILES string of the molecule is C=C(C)CCCC(C)(C)Cl. The van der Waals surface area contributed by atoms with Crippen molar-refractivity contribution >= 4 is 11.6 Å². The number of allylic oxidation sites excluding steroid dienone is 1. The highest BCUT2D eigenvalue weighted by Gasteiger charge is 2.11. The molecule has 0 heterocycles. The molecule has 0 aliphatic rings. The molecule has 0 aliphatic carbocycles. The molecule has 0 nitrogen and oxygen atoms in total. The molecule has 0 unspecified atom stereocenters. The van der Waals surface area contributed by atoms with Gasteiger partial charge in [0.2, 0.25) is 0 Å². The van der Waals surface area contributed by atoms with Crippen LogP contribution in [0.2, 0.25) is 0 Å². The summed E-state index contributed by atoms with van der Waals surface area (Å²) in [6.07, 6.45) is 3.34. The minimum absolute atomic E-state index is 0.0323. The summed E-state index contributed by atoms with van der Waals surface area (Å²) in [6.45, 7) is 9.99. The molecule has 10 heavy (non-hydrogen) atoms. The van der Waals surface area contributed by atoms with Gasteiger partial charge in [-0.05, 0) is 40.0 Å². The van der Waals surface area contributed by atoms with Crippen LogP contribution in [0.3, 0.4) is 0 Å². The van der Waals surface area contributed by atoms with Crippen molar-refractivity contribution in [3.8, 4) is 0 Å². The van der Waals surface area contributed by atoms with Crippen LogP contribution in [-0.2, 0) is 0 Å². The molecule has 0 aromatic heterocycles. The van der Waals surface area contributed by atoms with Crippen LogP contribution >= 0.6 is 11.6 Å². The second kappa shape index (κ2) is 4.02. The van der Waals surface area contributed by atoms with Gasteiger partial charge in [0.15, 0.2) is 0 Å². The van der Waals surface area contributed by atoms with Crippen molar-refractivity contribution in [3.05, 3.63) is 12.2 Å². The average molecular weight is 161 g/mol. The smallest absolute Gasteiger partial charge is 0.0390 e. The Morgan fingerprint density at radius 2 is 2.00 bits per heavy atom. The monoisotopic (exact) mass is 160 g/mol. The van der Waals surface area contributed by atoms with E-state index in [-0.39, 0.29) is 4.87 Å².